The molecule has 8 heteroatoms. The number of nitrogens with one attached hydrogen (secondary N) is 1. The Kier molecular flexibility index (Phi) is 6.66. The maximum absolute atomic E-state index is 5.98. The van der Waals surface area contributed by atoms with Gasteiger partial charge in [-0.1, -0.05) is 6.07 Å². The number of hydrogen-bond donors (Lipinski definition) is 1. The van der Waals surface area contributed by atoms with Crippen LogP contribution < -0.4 is 9.47 Å². The molecule has 160 valence electrons. The molecular weight excluding hydrogens is 382 g/mol. The van der Waals surface area contributed by atoms with Crippen molar-refractivity contribution in [2.75, 3.05) is 33.4 Å². The van der Waals surface area contributed by atoms with Crippen molar-refractivity contribution >= 4 is 0 Å². The van der Waals surface area contributed by atoms with Crippen LogP contribution in [0.2, 0.25) is 0 Å². The van der Waals surface area contributed by atoms with Gasteiger partial charge in [0.1, 0.15) is 17.6 Å². The maximum atomic E-state index is 5.98. The predicted octanol–water partition coefficient (Wildman–Crippen LogP) is 2.83. The molecule has 1 atom stereocenters. The molecule has 0 bridgehead atoms. The molecule has 2 aromatic heterocycles. The number of morpholine rings is 1. The van der Waals surface area contributed by atoms with Crippen LogP contribution >= 0.6 is 0 Å². The van der Waals surface area contributed by atoms with E-state index in [9.17, 15) is 0 Å². The largest absolute Gasteiger partial charge is 0.497 e. The van der Waals surface area contributed by atoms with Crippen LogP contribution in [0, 0.1) is 0 Å². The van der Waals surface area contributed by atoms with Crippen LogP contribution in [0.4, 0.5) is 0 Å². The van der Waals surface area contributed by atoms with Crippen LogP contribution in [0.5, 0.6) is 11.5 Å². The van der Waals surface area contributed by atoms with Crippen molar-refractivity contribution in [1.82, 2.24) is 24.9 Å². The van der Waals surface area contributed by atoms with Gasteiger partial charge in [-0.05, 0) is 25.1 Å². The molecule has 0 spiro atoms. The lowest BCUT2D eigenvalue weighted by molar-refractivity contribution is -0.0350. The topological polar surface area (TPSA) is 77.4 Å². The highest BCUT2D eigenvalue weighted by atomic mass is 16.5. The molecule has 1 saturated heterocycles. The van der Waals surface area contributed by atoms with Crippen LogP contribution in [0.1, 0.15) is 30.0 Å². The molecular formula is C22H29N5O3. The summed E-state index contributed by atoms with van der Waals surface area (Å²) in [6.45, 7) is 6.87. The van der Waals surface area contributed by atoms with Crippen molar-refractivity contribution < 1.29 is 14.2 Å². The van der Waals surface area contributed by atoms with Crippen molar-refractivity contribution in [3.8, 4) is 11.5 Å². The molecule has 1 unspecified atom stereocenters. The lowest BCUT2D eigenvalue weighted by Gasteiger charge is -2.31. The summed E-state index contributed by atoms with van der Waals surface area (Å²) in [4.78, 5) is 2.39. The number of H-pyrrole nitrogens is 1. The first-order chi connectivity index (χ1) is 14.7. The lowest BCUT2D eigenvalue weighted by atomic mass is 10.1. The van der Waals surface area contributed by atoms with Crippen molar-refractivity contribution in [3.05, 3.63) is 59.7 Å². The van der Waals surface area contributed by atoms with E-state index in [-0.39, 0.29) is 6.10 Å². The second kappa shape index (κ2) is 9.77. The van der Waals surface area contributed by atoms with E-state index in [1.54, 1.807) is 7.11 Å². The first-order valence-electron chi connectivity index (χ1n) is 10.4. The average molecular weight is 412 g/mol. The monoisotopic (exact) mass is 411 g/mol. The molecule has 0 amide bonds. The molecule has 1 fully saturated rings. The Labute approximate surface area is 176 Å². The van der Waals surface area contributed by atoms with Crippen LogP contribution in [0.25, 0.3) is 0 Å². The number of rotatable bonds is 9. The van der Waals surface area contributed by atoms with E-state index in [2.05, 4.69) is 39.4 Å². The van der Waals surface area contributed by atoms with Crippen molar-refractivity contribution in [2.45, 2.75) is 32.5 Å². The first kappa shape index (κ1) is 20.4. The Hall–Kier alpha value is -2.84. The number of nitrogens with zero attached hydrogens (tertiary/aromatic N) is 4. The van der Waals surface area contributed by atoms with Crippen LogP contribution in [0.15, 0.2) is 42.7 Å². The molecule has 3 aromatic rings. The first-order valence-corrected chi connectivity index (χ1v) is 10.4. The van der Waals surface area contributed by atoms with Gasteiger partial charge in [0.15, 0.2) is 0 Å². The highest BCUT2D eigenvalue weighted by Gasteiger charge is 2.24. The Morgan fingerprint density at radius 3 is 3.00 bits per heavy atom. The zero-order chi connectivity index (χ0) is 20.8. The van der Waals surface area contributed by atoms with E-state index in [1.165, 1.54) is 5.56 Å². The minimum absolute atomic E-state index is 0.0238. The summed E-state index contributed by atoms with van der Waals surface area (Å²) in [5.74, 6) is 1.59. The van der Waals surface area contributed by atoms with Gasteiger partial charge in [-0.2, -0.15) is 10.2 Å². The Balaban J connectivity index is 1.28. The fraction of sp³-hybridized carbons (Fsp3) is 0.455. The number of ether oxygens (including phenoxy) is 3. The van der Waals surface area contributed by atoms with E-state index < -0.39 is 0 Å². The molecule has 0 aliphatic carbocycles. The van der Waals surface area contributed by atoms with Gasteiger partial charge < -0.3 is 14.2 Å². The van der Waals surface area contributed by atoms with Crippen LogP contribution in [-0.2, 0) is 24.2 Å². The molecule has 3 heterocycles. The summed E-state index contributed by atoms with van der Waals surface area (Å²) < 4.78 is 19.0. The number of benzene rings is 1. The van der Waals surface area contributed by atoms with Gasteiger partial charge in [0.05, 0.1) is 32.2 Å². The minimum Gasteiger partial charge on any atom is -0.497 e. The van der Waals surface area contributed by atoms with Gasteiger partial charge in [0, 0.05) is 56.1 Å². The van der Waals surface area contributed by atoms with Gasteiger partial charge >= 0.3 is 0 Å². The molecule has 1 aliphatic rings. The molecule has 8 nitrogen and oxygen atoms in total. The quantitative estimate of drug-likeness (QED) is 0.583. The molecule has 4 rings (SSSR count). The summed E-state index contributed by atoms with van der Waals surface area (Å²) >= 11 is 0. The molecule has 1 aromatic carbocycles. The zero-order valence-electron chi connectivity index (χ0n) is 17.6. The molecule has 1 aliphatic heterocycles. The van der Waals surface area contributed by atoms with E-state index in [0.717, 1.165) is 55.5 Å². The standard InChI is InChI=1S/C22H29N5O3/c1-3-27-15-17(13-23-27)14-26-8-10-30-22(16-26)21-11-18(24-25-21)7-9-29-20-6-4-5-19(12-20)28-2/h4-6,11-13,15,22H,3,7-10,14,16H2,1-2H3,(H,24,25). The Morgan fingerprint density at radius 2 is 2.17 bits per heavy atom. The SMILES string of the molecule is CCn1cc(CN2CCOC(c3cc(CCOc4cccc(OC)c4)[nH]n3)C2)cn1. The third kappa shape index (κ3) is 5.20. The lowest BCUT2D eigenvalue weighted by Crippen LogP contribution is -2.37. The van der Waals surface area contributed by atoms with E-state index in [0.29, 0.717) is 13.2 Å². The molecule has 0 radical (unpaired) electrons. The van der Waals surface area contributed by atoms with Crippen LogP contribution in [-0.4, -0.2) is 58.3 Å². The number of hydrogen-bond acceptors (Lipinski definition) is 6. The number of aromatic amines is 1. The van der Waals surface area contributed by atoms with E-state index >= 15 is 0 Å². The van der Waals surface area contributed by atoms with Gasteiger partial charge in [0.25, 0.3) is 0 Å². The fourth-order valence-corrected chi connectivity index (χ4v) is 3.59. The molecule has 1 N–H and O–H groups in total. The summed E-state index contributed by atoms with van der Waals surface area (Å²) in [5.41, 5.74) is 3.22. The van der Waals surface area contributed by atoms with E-state index in [4.69, 9.17) is 14.2 Å². The zero-order valence-corrected chi connectivity index (χ0v) is 17.6. The summed E-state index contributed by atoms with van der Waals surface area (Å²) in [5, 5.41) is 12.0. The van der Waals surface area contributed by atoms with Crippen LogP contribution in [0.3, 0.4) is 0 Å². The Morgan fingerprint density at radius 1 is 1.27 bits per heavy atom. The second-order valence-electron chi connectivity index (χ2n) is 7.39. The van der Waals surface area contributed by atoms with Crippen molar-refractivity contribution in [3.63, 3.8) is 0 Å². The van der Waals surface area contributed by atoms with E-state index in [1.807, 2.05) is 35.1 Å². The predicted molar refractivity (Wildman–Crippen MR) is 113 cm³/mol. The fourth-order valence-electron chi connectivity index (χ4n) is 3.59. The van der Waals surface area contributed by atoms with Gasteiger partial charge in [0.2, 0.25) is 0 Å². The summed E-state index contributed by atoms with van der Waals surface area (Å²) in [6, 6.07) is 9.71. The maximum Gasteiger partial charge on any atom is 0.123 e. The highest BCUT2D eigenvalue weighted by molar-refractivity contribution is 5.32. The molecule has 30 heavy (non-hydrogen) atoms. The third-order valence-electron chi connectivity index (χ3n) is 5.23. The van der Waals surface area contributed by atoms with Gasteiger partial charge in [-0.3, -0.25) is 14.7 Å². The smallest absolute Gasteiger partial charge is 0.123 e. The third-order valence-corrected chi connectivity index (χ3v) is 5.23. The normalized spacial score (nSPS) is 17.2. The molecule has 0 saturated carbocycles. The number of aryl methyl sites for hydroxylation is 1. The van der Waals surface area contributed by atoms with Gasteiger partial charge in [-0.25, -0.2) is 0 Å². The Bertz CT molecular complexity index is 938. The van der Waals surface area contributed by atoms with Crippen molar-refractivity contribution in [2.24, 2.45) is 0 Å². The average Bonchev–Trinajstić information content (AvgIpc) is 3.44. The van der Waals surface area contributed by atoms with Crippen molar-refractivity contribution in [1.29, 1.82) is 0 Å². The van der Waals surface area contributed by atoms with Gasteiger partial charge in [-0.15, -0.1) is 0 Å². The summed E-state index contributed by atoms with van der Waals surface area (Å²) in [6.07, 6.45) is 4.78. The summed E-state index contributed by atoms with van der Waals surface area (Å²) in [7, 11) is 1.65. The minimum atomic E-state index is -0.0238. The second-order valence-corrected chi connectivity index (χ2v) is 7.39. The number of methoxy groups -OCH3 is 1. The number of aromatic nitrogens is 4. The highest BCUT2D eigenvalue weighted by Crippen LogP contribution is 2.23.